The van der Waals surface area contributed by atoms with Crippen LogP contribution in [0.25, 0.3) is 0 Å². The predicted molar refractivity (Wildman–Crippen MR) is 88.1 cm³/mol. The van der Waals surface area contributed by atoms with E-state index in [0.717, 1.165) is 4.90 Å². The quantitative estimate of drug-likeness (QED) is 0.490. The highest BCUT2D eigenvalue weighted by Gasteiger charge is 2.29. The Kier molecular flexibility index (Phi) is 6.25. The maximum absolute atomic E-state index is 14.0. The zero-order valence-corrected chi connectivity index (χ0v) is 14.0. The van der Waals surface area contributed by atoms with Crippen molar-refractivity contribution in [3.63, 3.8) is 0 Å². The number of benzene rings is 1. The first-order valence-electron chi connectivity index (χ1n) is 7.02. The zero-order chi connectivity index (χ0) is 17.5. The van der Waals surface area contributed by atoms with Gasteiger partial charge in [0.15, 0.2) is 0 Å². The van der Waals surface area contributed by atoms with Crippen LogP contribution in [0.2, 0.25) is 0 Å². The molecule has 0 aliphatic rings. The number of hydrogen-bond donors (Lipinski definition) is 1. The summed E-state index contributed by atoms with van der Waals surface area (Å²) in [5, 5.41) is 2.43. The number of ether oxygens (including phenoxy) is 1. The van der Waals surface area contributed by atoms with Crippen LogP contribution in [0, 0.1) is 11.7 Å². The minimum absolute atomic E-state index is 0.00869. The molecule has 1 atom stereocenters. The largest absolute Gasteiger partial charge is 0.468 e. The topological polar surface area (TPSA) is 81.2 Å². The van der Waals surface area contributed by atoms with E-state index in [4.69, 9.17) is 0 Å². The van der Waals surface area contributed by atoms with Crippen LogP contribution in [-0.4, -0.2) is 35.2 Å². The fourth-order valence-electron chi connectivity index (χ4n) is 2.02. The summed E-state index contributed by atoms with van der Waals surface area (Å²) < 4.78 is 18.7. The van der Waals surface area contributed by atoms with E-state index in [-0.39, 0.29) is 12.1 Å². The van der Waals surface area contributed by atoms with Crippen molar-refractivity contribution in [3.8, 4) is 0 Å². The summed E-state index contributed by atoms with van der Waals surface area (Å²) in [6.07, 6.45) is 4.69. The van der Waals surface area contributed by atoms with E-state index < -0.39 is 23.6 Å². The third-order valence-electron chi connectivity index (χ3n) is 3.29. The molecule has 1 heterocycles. The first kappa shape index (κ1) is 17.9. The van der Waals surface area contributed by atoms with Crippen molar-refractivity contribution in [2.24, 2.45) is 5.92 Å². The summed E-state index contributed by atoms with van der Waals surface area (Å²) in [6.45, 7) is 0. The fraction of sp³-hybridized carbons (Fsp3) is 0.250. The molecule has 1 aromatic carbocycles. The maximum Gasteiger partial charge on any atom is 0.318 e. The molecule has 1 unspecified atom stereocenters. The van der Waals surface area contributed by atoms with Gasteiger partial charge in [0.1, 0.15) is 18.1 Å². The molecule has 1 amide bonds. The van der Waals surface area contributed by atoms with E-state index in [1.807, 2.05) is 6.26 Å². The summed E-state index contributed by atoms with van der Waals surface area (Å²) >= 11 is 1.39. The maximum atomic E-state index is 14.0. The zero-order valence-electron chi connectivity index (χ0n) is 13.2. The molecule has 0 radical (unpaired) electrons. The minimum atomic E-state index is -1.13. The number of thioether (sulfide) groups is 1. The highest BCUT2D eigenvalue weighted by atomic mass is 32.2. The molecular formula is C16H16FN3O3S. The molecule has 0 bridgehead atoms. The lowest BCUT2D eigenvalue weighted by molar-refractivity contribution is -0.148. The highest BCUT2D eigenvalue weighted by Crippen LogP contribution is 2.22. The molecule has 2 aromatic rings. The summed E-state index contributed by atoms with van der Waals surface area (Å²) in [5.74, 6) is -3.08. The number of nitrogens with one attached hydrogen (secondary N) is 1. The Labute approximate surface area is 142 Å². The lowest BCUT2D eigenvalue weighted by Gasteiger charge is -2.15. The van der Waals surface area contributed by atoms with Crippen LogP contribution < -0.4 is 5.32 Å². The van der Waals surface area contributed by atoms with Gasteiger partial charge in [-0.1, -0.05) is 0 Å². The number of carbonyl (C=O) groups is 2. The van der Waals surface area contributed by atoms with E-state index in [9.17, 15) is 14.0 Å². The SMILES string of the molecule is COC(=O)C(Cc1ccncn1)C(=O)Nc1ccc(SC)cc1F. The number of hydrogen-bond acceptors (Lipinski definition) is 6. The van der Waals surface area contributed by atoms with Crippen molar-refractivity contribution in [3.05, 3.63) is 48.3 Å². The van der Waals surface area contributed by atoms with E-state index in [0.29, 0.717) is 5.69 Å². The molecule has 0 saturated carbocycles. The Morgan fingerprint density at radius 1 is 1.38 bits per heavy atom. The van der Waals surface area contributed by atoms with Crippen LogP contribution in [0.5, 0.6) is 0 Å². The molecule has 1 N–H and O–H groups in total. The fourth-order valence-corrected chi connectivity index (χ4v) is 2.44. The normalized spacial score (nSPS) is 11.6. The molecule has 24 heavy (non-hydrogen) atoms. The third-order valence-corrected chi connectivity index (χ3v) is 4.02. The van der Waals surface area contributed by atoms with Gasteiger partial charge in [0.05, 0.1) is 12.8 Å². The van der Waals surface area contributed by atoms with Crippen LogP contribution in [0.15, 0.2) is 41.7 Å². The first-order valence-corrected chi connectivity index (χ1v) is 8.24. The average molecular weight is 349 g/mol. The molecule has 0 aliphatic carbocycles. The van der Waals surface area contributed by atoms with Crippen molar-refractivity contribution in [1.29, 1.82) is 0 Å². The van der Waals surface area contributed by atoms with Gasteiger partial charge in [-0.15, -0.1) is 11.8 Å². The molecule has 0 spiro atoms. The molecule has 126 valence electrons. The van der Waals surface area contributed by atoms with Gasteiger partial charge >= 0.3 is 5.97 Å². The van der Waals surface area contributed by atoms with Gasteiger partial charge in [-0.3, -0.25) is 9.59 Å². The number of nitrogens with zero attached hydrogens (tertiary/aromatic N) is 2. The smallest absolute Gasteiger partial charge is 0.318 e. The summed E-state index contributed by atoms with van der Waals surface area (Å²) in [5.41, 5.74) is 0.517. The van der Waals surface area contributed by atoms with E-state index in [2.05, 4.69) is 20.0 Å². The monoisotopic (exact) mass is 349 g/mol. The number of esters is 1. The van der Waals surface area contributed by atoms with Crippen LogP contribution in [0.4, 0.5) is 10.1 Å². The van der Waals surface area contributed by atoms with E-state index in [1.165, 1.54) is 43.5 Å². The molecule has 0 aliphatic heterocycles. The second-order valence-corrected chi connectivity index (χ2v) is 5.70. The second kappa shape index (κ2) is 8.39. The van der Waals surface area contributed by atoms with Crippen molar-refractivity contribution < 1.29 is 18.7 Å². The highest BCUT2D eigenvalue weighted by molar-refractivity contribution is 7.98. The summed E-state index contributed by atoms with van der Waals surface area (Å²) in [6, 6.07) is 6.05. The molecule has 0 fully saturated rings. The standard InChI is InChI=1S/C16H16FN3O3S/c1-23-16(22)12(7-10-5-6-18-9-19-10)15(21)20-14-4-3-11(24-2)8-13(14)17/h3-6,8-9,12H,7H2,1-2H3,(H,20,21). The first-order chi connectivity index (χ1) is 11.5. The second-order valence-electron chi connectivity index (χ2n) is 4.82. The number of carbonyl (C=O) groups excluding carboxylic acids is 2. The van der Waals surface area contributed by atoms with Crippen LogP contribution >= 0.6 is 11.8 Å². The number of rotatable bonds is 6. The third kappa shape index (κ3) is 4.51. The number of anilines is 1. The van der Waals surface area contributed by atoms with Gasteiger partial charge in [-0.2, -0.15) is 0 Å². The lowest BCUT2D eigenvalue weighted by Crippen LogP contribution is -2.32. The Hall–Kier alpha value is -2.48. The van der Waals surface area contributed by atoms with Gasteiger partial charge in [0.2, 0.25) is 5.91 Å². The molecule has 8 heteroatoms. The van der Waals surface area contributed by atoms with Gasteiger partial charge in [0, 0.05) is 23.2 Å². The lowest BCUT2D eigenvalue weighted by atomic mass is 10.0. The number of halogens is 1. The number of aromatic nitrogens is 2. The van der Waals surface area contributed by atoms with Gasteiger partial charge in [0.25, 0.3) is 0 Å². The summed E-state index contributed by atoms with van der Waals surface area (Å²) in [4.78, 5) is 32.8. The molecular weight excluding hydrogens is 333 g/mol. The molecule has 2 rings (SSSR count). The van der Waals surface area contributed by atoms with E-state index in [1.54, 1.807) is 12.1 Å². The van der Waals surface area contributed by atoms with Crippen molar-refractivity contribution >= 4 is 29.3 Å². The molecule has 1 aromatic heterocycles. The predicted octanol–water partition coefficient (Wildman–Crippen LogP) is 2.31. The van der Waals surface area contributed by atoms with E-state index >= 15 is 0 Å². The van der Waals surface area contributed by atoms with Gasteiger partial charge in [-0.05, 0) is 30.5 Å². The number of amides is 1. The van der Waals surface area contributed by atoms with Crippen LogP contribution in [-0.2, 0) is 20.7 Å². The molecule has 6 nitrogen and oxygen atoms in total. The van der Waals surface area contributed by atoms with Gasteiger partial charge < -0.3 is 10.1 Å². The van der Waals surface area contributed by atoms with Crippen molar-refractivity contribution in [2.75, 3.05) is 18.7 Å². The van der Waals surface area contributed by atoms with Crippen LogP contribution in [0.3, 0.4) is 0 Å². The number of methoxy groups -OCH3 is 1. The Morgan fingerprint density at radius 3 is 2.75 bits per heavy atom. The van der Waals surface area contributed by atoms with Gasteiger partial charge in [-0.25, -0.2) is 14.4 Å². The minimum Gasteiger partial charge on any atom is -0.468 e. The van der Waals surface area contributed by atoms with Crippen LogP contribution in [0.1, 0.15) is 5.69 Å². The summed E-state index contributed by atoms with van der Waals surface area (Å²) in [7, 11) is 1.19. The Bertz CT molecular complexity index is 728. The Balaban J connectivity index is 2.17. The molecule has 0 saturated heterocycles. The van der Waals surface area contributed by atoms with Crippen molar-refractivity contribution in [1.82, 2.24) is 9.97 Å². The van der Waals surface area contributed by atoms with Crippen molar-refractivity contribution in [2.45, 2.75) is 11.3 Å². The average Bonchev–Trinajstić information content (AvgIpc) is 2.61. The Morgan fingerprint density at radius 2 is 2.17 bits per heavy atom.